The molecule has 0 aliphatic heterocycles. The van der Waals surface area contributed by atoms with Crippen molar-refractivity contribution in [3.63, 3.8) is 0 Å². The highest BCUT2D eigenvalue weighted by atomic mass is 16.6. The standard InChI is InChI=1S/C45H88N2O5/c1-4-6-8-10-12-14-16-18-20-22-24-26-28-30-32-34-39-50-42-44(46-45(49)52-41-37-47(3)36-38-48)43-51-40-35-33-31-29-27-25-23-21-19-17-15-13-11-9-7-5-2/h18-21,44,48H,4-17,22-43H2,1-3H3,(H,46,49). The van der Waals surface area contributed by atoms with Crippen LogP contribution in [0.15, 0.2) is 24.3 Å². The van der Waals surface area contributed by atoms with Crippen LogP contribution in [0.25, 0.3) is 0 Å². The Labute approximate surface area is 323 Å². The molecule has 52 heavy (non-hydrogen) atoms. The maximum Gasteiger partial charge on any atom is 0.407 e. The molecule has 0 aliphatic rings. The Morgan fingerprint density at radius 3 is 1.29 bits per heavy atom. The average Bonchev–Trinajstić information content (AvgIpc) is 3.13. The summed E-state index contributed by atoms with van der Waals surface area (Å²) in [5.41, 5.74) is 0. The predicted molar refractivity (Wildman–Crippen MR) is 223 cm³/mol. The minimum atomic E-state index is -0.441. The summed E-state index contributed by atoms with van der Waals surface area (Å²) in [5, 5.41) is 12.0. The van der Waals surface area contributed by atoms with E-state index >= 15 is 0 Å². The molecule has 0 fully saturated rings. The molecule has 308 valence electrons. The maximum absolute atomic E-state index is 12.5. The van der Waals surface area contributed by atoms with Crippen molar-refractivity contribution in [2.45, 2.75) is 200 Å². The lowest BCUT2D eigenvalue weighted by Gasteiger charge is -2.20. The summed E-state index contributed by atoms with van der Waals surface area (Å²) in [5.74, 6) is 0. The highest BCUT2D eigenvalue weighted by Gasteiger charge is 2.14. The van der Waals surface area contributed by atoms with E-state index in [9.17, 15) is 4.79 Å². The normalized spacial score (nSPS) is 12.5. The molecule has 0 atom stereocenters. The van der Waals surface area contributed by atoms with Crippen LogP contribution in [0.5, 0.6) is 0 Å². The van der Waals surface area contributed by atoms with Gasteiger partial charge in [0, 0.05) is 26.3 Å². The second-order valence-corrected chi connectivity index (χ2v) is 15.0. The first-order valence-corrected chi connectivity index (χ1v) is 22.3. The number of rotatable bonds is 42. The van der Waals surface area contributed by atoms with Crippen LogP contribution in [-0.2, 0) is 14.2 Å². The van der Waals surface area contributed by atoms with Crippen molar-refractivity contribution in [3.05, 3.63) is 24.3 Å². The van der Waals surface area contributed by atoms with Gasteiger partial charge in [0.1, 0.15) is 6.61 Å². The third-order valence-corrected chi connectivity index (χ3v) is 9.75. The van der Waals surface area contributed by atoms with Crippen LogP contribution in [0, 0.1) is 0 Å². The Balaban J connectivity index is 4.00. The Kier molecular flexibility index (Phi) is 42.8. The molecule has 2 N–H and O–H groups in total. The highest BCUT2D eigenvalue weighted by Crippen LogP contribution is 2.12. The van der Waals surface area contributed by atoms with Gasteiger partial charge in [-0.3, -0.25) is 0 Å². The van der Waals surface area contributed by atoms with Gasteiger partial charge in [-0.05, 0) is 71.3 Å². The first-order chi connectivity index (χ1) is 25.6. The third-order valence-electron chi connectivity index (χ3n) is 9.75. The molecule has 0 unspecified atom stereocenters. The van der Waals surface area contributed by atoms with Gasteiger partial charge in [0.25, 0.3) is 0 Å². The second kappa shape index (κ2) is 44.0. The minimum Gasteiger partial charge on any atom is -0.448 e. The van der Waals surface area contributed by atoms with E-state index in [1.54, 1.807) is 0 Å². The van der Waals surface area contributed by atoms with E-state index in [4.69, 9.17) is 19.3 Å². The fourth-order valence-electron chi connectivity index (χ4n) is 6.27. The van der Waals surface area contributed by atoms with E-state index in [2.05, 4.69) is 43.5 Å². The minimum absolute atomic E-state index is 0.0907. The number of alkyl carbamates (subject to hydrolysis) is 1. The molecule has 0 aliphatic carbocycles. The van der Waals surface area contributed by atoms with Crippen LogP contribution in [0.4, 0.5) is 4.79 Å². The van der Waals surface area contributed by atoms with Crippen LogP contribution in [-0.4, -0.2) is 81.9 Å². The Morgan fingerprint density at radius 2 is 0.904 bits per heavy atom. The summed E-state index contributed by atoms with van der Waals surface area (Å²) in [7, 11) is 1.90. The Hall–Kier alpha value is -1.41. The molecule has 0 aromatic heterocycles. The monoisotopic (exact) mass is 737 g/mol. The number of aliphatic hydroxyl groups excluding tert-OH is 1. The first kappa shape index (κ1) is 50.6. The van der Waals surface area contributed by atoms with E-state index in [1.165, 1.54) is 167 Å². The molecule has 0 heterocycles. The van der Waals surface area contributed by atoms with Crippen molar-refractivity contribution in [3.8, 4) is 0 Å². The van der Waals surface area contributed by atoms with Crippen LogP contribution in [0.1, 0.15) is 194 Å². The van der Waals surface area contributed by atoms with Gasteiger partial charge in [0.2, 0.25) is 0 Å². The van der Waals surface area contributed by atoms with E-state index < -0.39 is 6.09 Å². The van der Waals surface area contributed by atoms with Gasteiger partial charge in [-0.2, -0.15) is 0 Å². The molecule has 0 saturated heterocycles. The van der Waals surface area contributed by atoms with E-state index in [0.29, 0.717) is 39.5 Å². The maximum atomic E-state index is 12.5. The SMILES string of the molecule is CCCCCCCCC=CCCCCCCCCOCC(COCCCCCCCCC=CCCCCCCCC)NC(=O)OCCN(C)CCO. The van der Waals surface area contributed by atoms with Crippen LogP contribution >= 0.6 is 0 Å². The topological polar surface area (TPSA) is 80.3 Å². The third kappa shape index (κ3) is 41.3. The number of aliphatic hydroxyl groups is 1. The zero-order chi connectivity index (χ0) is 37.8. The summed E-state index contributed by atoms with van der Waals surface area (Å²) >= 11 is 0. The van der Waals surface area contributed by atoms with Crippen molar-refractivity contribution < 1.29 is 24.1 Å². The second-order valence-electron chi connectivity index (χ2n) is 15.0. The number of hydrogen-bond donors (Lipinski definition) is 2. The van der Waals surface area contributed by atoms with Crippen molar-refractivity contribution >= 4 is 6.09 Å². The Bertz CT molecular complexity index is 716. The molecular formula is C45H88N2O5. The Morgan fingerprint density at radius 1 is 0.538 bits per heavy atom. The number of carbonyl (C=O) groups is 1. The zero-order valence-electron chi connectivity index (χ0n) is 34.9. The molecule has 7 nitrogen and oxygen atoms in total. The zero-order valence-corrected chi connectivity index (χ0v) is 34.9. The summed E-state index contributed by atoms with van der Waals surface area (Å²) in [4.78, 5) is 14.4. The van der Waals surface area contributed by atoms with Crippen molar-refractivity contribution in [1.29, 1.82) is 0 Å². The summed E-state index contributed by atoms with van der Waals surface area (Å²) < 4.78 is 17.3. The van der Waals surface area contributed by atoms with Gasteiger partial charge in [-0.1, -0.05) is 154 Å². The number of likely N-dealkylation sites (N-methyl/N-ethyl adjacent to an activating group) is 1. The van der Waals surface area contributed by atoms with Crippen LogP contribution < -0.4 is 5.32 Å². The van der Waals surface area contributed by atoms with Gasteiger partial charge in [-0.15, -0.1) is 0 Å². The first-order valence-electron chi connectivity index (χ1n) is 22.3. The van der Waals surface area contributed by atoms with E-state index in [-0.39, 0.29) is 19.3 Å². The van der Waals surface area contributed by atoms with Gasteiger partial charge < -0.3 is 29.5 Å². The molecule has 0 spiro atoms. The number of amides is 1. The molecule has 1 amide bonds. The number of unbranched alkanes of at least 4 members (excludes halogenated alkanes) is 24. The van der Waals surface area contributed by atoms with Crippen molar-refractivity contribution in [1.82, 2.24) is 10.2 Å². The molecular weight excluding hydrogens is 649 g/mol. The summed E-state index contributed by atoms with van der Waals surface area (Å²) in [6.07, 6.45) is 45.3. The smallest absolute Gasteiger partial charge is 0.407 e. The number of hydrogen-bond acceptors (Lipinski definition) is 6. The molecule has 0 radical (unpaired) electrons. The van der Waals surface area contributed by atoms with Gasteiger partial charge in [-0.25, -0.2) is 4.79 Å². The lowest BCUT2D eigenvalue weighted by atomic mass is 10.1. The fourth-order valence-corrected chi connectivity index (χ4v) is 6.27. The molecule has 0 saturated carbocycles. The molecule has 0 aromatic carbocycles. The number of nitrogens with zero attached hydrogens (tertiary/aromatic N) is 1. The number of carbonyl (C=O) groups excluding carboxylic acids is 1. The summed E-state index contributed by atoms with van der Waals surface area (Å²) in [6.45, 7) is 8.33. The number of ether oxygens (including phenoxy) is 3. The lowest BCUT2D eigenvalue weighted by Crippen LogP contribution is -2.42. The largest absolute Gasteiger partial charge is 0.448 e. The summed E-state index contributed by atoms with van der Waals surface area (Å²) in [6, 6.07) is -0.231. The van der Waals surface area contributed by atoms with E-state index in [0.717, 1.165) is 12.8 Å². The quantitative estimate of drug-likeness (QED) is 0.0480. The van der Waals surface area contributed by atoms with Crippen LogP contribution in [0.3, 0.4) is 0 Å². The van der Waals surface area contributed by atoms with Gasteiger partial charge in [0.15, 0.2) is 0 Å². The highest BCUT2D eigenvalue weighted by molar-refractivity contribution is 5.67. The van der Waals surface area contributed by atoms with Crippen LogP contribution in [0.2, 0.25) is 0 Å². The molecule has 0 aromatic rings. The lowest BCUT2D eigenvalue weighted by molar-refractivity contribution is 0.0483. The number of nitrogens with one attached hydrogen (secondary N) is 1. The molecule has 7 heteroatoms. The number of allylic oxidation sites excluding steroid dienone is 4. The van der Waals surface area contributed by atoms with E-state index in [1.807, 2.05) is 11.9 Å². The average molecular weight is 737 g/mol. The predicted octanol–water partition coefficient (Wildman–Crippen LogP) is 12.1. The van der Waals surface area contributed by atoms with Crippen molar-refractivity contribution in [2.24, 2.45) is 0 Å². The molecule has 0 rings (SSSR count). The fraction of sp³-hybridized carbons (Fsp3) is 0.889. The van der Waals surface area contributed by atoms with Gasteiger partial charge >= 0.3 is 6.09 Å². The van der Waals surface area contributed by atoms with Gasteiger partial charge in [0.05, 0.1) is 25.9 Å². The van der Waals surface area contributed by atoms with Crippen molar-refractivity contribution in [2.75, 3.05) is 59.8 Å². The molecule has 0 bridgehead atoms.